The van der Waals surface area contributed by atoms with Gasteiger partial charge in [-0.05, 0) is 92.7 Å². The maximum absolute atomic E-state index is 13.9. The molecule has 0 spiro atoms. The third-order valence-electron chi connectivity index (χ3n) is 7.71. The van der Waals surface area contributed by atoms with E-state index in [1.54, 1.807) is 0 Å². The first-order valence-corrected chi connectivity index (χ1v) is 12.5. The van der Waals surface area contributed by atoms with Crippen LogP contribution in [0.3, 0.4) is 0 Å². The summed E-state index contributed by atoms with van der Waals surface area (Å²) in [5, 5.41) is 0. The van der Waals surface area contributed by atoms with Gasteiger partial charge >= 0.3 is 6.18 Å². The zero-order chi connectivity index (χ0) is 23.1. The van der Waals surface area contributed by atoms with Crippen molar-refractivity contribution in [1.29, 1.82) is 0 Å². The zero-order valence-electron chi connectivity index (χ0n) is 19.2. The van der Waals surface area contributed by atoms with Crippen LogP contribution in [0.5, 0.6) is 0 Å². The van der Waals surface area contributed by atoms with Crippen molar-refractivity contribution in [2.45, 2.75) is 102 Å². The highest BCUT2D eigenvalue weighted by atomic mass is 19.4. The molecule has 2 aliphatic rings. The minimum Gasteiger partial charge on any atom is -0.206 e. The molecule has 0 atom stereocenters. The van der Waals surface area contributed by atoms with Crippen molar-refractivity contribution in [2.24, 2.45) is 17.8 Å². The van der Waals surface area contributed by atoms with Crippen molar-refractivity contribution in [2.75, 3.05) is 0 Å². The minimum absolute atomic E-state index is 0.0475. The van der Waals surface area contributed by atoms with Crippen LogP contribution < -0.4 is 0 Å². The lowest BCUT2D eigenvalue weighted by Crippen LogP contribution is -2.18. The molecule has 180 valence electrons. The Morgan fingerprint density at radius 1 is 0.781 bits per heavy atom. The standard InChI is InChI=1S/C27H37F5/c1-2-3-4-5-6-19-7-9-20(10-8-19)11-12-21-13-15-22(16-14-21)23-17-24(28)26(25(29)18-23)27(30,31)32/h4-5,17-22H,2-3,6-16H2,1H3/b5-4+/t19-,20-,21-,22-. The highest BCUT2D eigenvalue weighted by Crippen LogP contribution is 2.42. The molecule has 0 amide bonds. The topological polar surface area (TPSA) is 0 Å². The summed E-state index contributed by atoms with van der Waals surface area (Å²) >= 11 is 0. The molecule has 32 heavy (non-hydrogen) atoms. The largest absolute Gasteiger partial charge is 0.422 e. The van der Waals surface area contributed by atoms with Crippen LogP contribution in [-0.2, 0) is 6.18 Å². The summed E-state index contributed by atoms with van der Waals surface area (Å²) in [5.74, 6) is -0.739. The van der Waals surface area contributed by atoms with Crippen LogP contribution in [0.15, 0.2) is 24.3 Å². The quantitative estimate of drug-likeness (QED) is 0.270. The van der Waals surface area contributed by atoms with E-state index in [4.69, 9.17) is 0 Å². The molecular weight excluding hydrogens is 419 g/mol. The van der Waals surface area contributed by atoms with Crippen LogP contribution in [0, 0.1) is 29.4 Å². The number of hydrogen-bond acceptors (Lipinski definition) is 0. The van der Waals surface area contributed by atoms with Gasteiger partial charge in [-0.3, -0.25) is 0 Å². The fraction of sp³-hybridized carbons (Fsp3) is 0.704. The Morgan fingerprint density at radius 2 is 1.28 bits per heavy atom. The first kappa shape index (κ1) is 25.2. The van der Waals surface area contributed by atoms with E-state index in [9.17, 15) is 22.0 Å². The molecule has 0 heterocycles. The molecule has 2 aliphatic carbocycles. The molecule has 0 aliphatic heterocycles. The second-order valence-electron chi connectivity index (χ2n) is 10.0. The monoisotopic (exact) mass is 456 g/mol. The number of allylic oxidation sites excluding steroid dienone is 2. The van der Waals surface area contributed by atoms with Gasteiger partial charge in [0.15, 0.2) is 0 Å². The summed E-state index contributed by atoms with van der Waals surface area (Å²) in [6.07, 6.45) is 14.6. The number of rotatable bonds is 8. The summed E-state index contributed by atoms with van der Waals surface area (Å²) in [5.41, 5.74) is -1.40. The molecule has 0 radical (unpaired) electrons. The van der Waals surface area contributed by atoms with E-state index in [0.717, 1.165) is 49.7 Å². The molecule has 0 saturated heterocycles. The average molecular weight is 457 g/mol. The van der Waals surface area contributed by atoms with Crippen molar-refractivity contribution in [1.82, 2.24) is 0 Å². The van der Waals surface area contributed by atoms with Crippen LogP contribution in [-0.4, -0.2) is 0 Å². The third kappa shape index (κ3) is 7.05. The summed E-state index contributed by atoms with van der Waals surface area (Å²) < 4.78 is 66.2. The highest BCUT2D eigenvalue weighted by Gasteiger charge is 2.38. The number of unbranched alkanes of at least 4 members (excludes halogenated alkanes) is 1. The van der Waals surface area contributed by atoms with Gasteiger partial charge in [0.1, 0.15) is 17.2 Å². The normalized spacial score (nSPS) is 27.2. The van der Waals surface area contributed by atoms with E-state index in [-0.39, 0.29) is 5.92 Å². The molecule has 2 fully saturated rings. The predicted molar refractivity (Wildman–Crippen MR) is 119 cm³/mol. The van der Waals surface area contributed by atoms with Crippen LogP contribution in [0.25, 0.3) is 0 Å². The first-order chi connectivity index (χ1) is 15.3. The molecule has 0 bridgehead atoms. The number of benzene rings is 1. The van der Waals surface area contributed by atoms with E-state index < -0.39 is 23.4 Å². The van der Waals surface area contributed by atoms with Gasteiger partial charge in [-0.1, -0.05) is 51.2 Å². The predicted octanol–water partition coefficient (Wildman–Crippen LogP) is 9.59. The Bertz CT molecular complexity index is 712. The summed E-state index contributed by atoms with van der Waals surface area (Å²) in [4.78, 5) is 0. The molecule has 2 saturated carbocycles. The maximum Gasteiger partial charge on any atom is 0.422 e. The summed E-state index contributed by atoms with van der Waals surface area (Å²) in [6, 6.07) is 1.79. The van der Waals surface area contributed by atoms with Gasteiger partial charge in [-0.2, -0.15) is 13.2 Å². The van der Waals surface area contributed by atoms with Gasteiger partial charge in [0.25, 0.3) is 0 Å². The molecule has 5 heteroatoms. The van der Waals surface area contributed by atoms with Crippen LogP contribution in [0.4, 0.5) is 22.0 Å². The third-order valence-corrected chi connectivity index (χ3v) is 7.71. The van der Waals surface area contributed by atoms with Crippen molar-refractivity contribution in [3.8, 4) is 0 Å². The summed E-state index contributed by atoms with van der Waals surface area (Å²) in [7, 11) is 0. The van der Waals surface area contributed by atoms with Crippen LogP contribution in [0.1, 0.15) is 107 Å². The lowest BCUT2D eigenvalue weighted by Gasteiger charge is -2.32. The SMILES string of the molecule is CCC/C=C/C[C@H]1CC[C@H](CC[C@H]2CC[C@H](c3cc(F)c(C(F)(F)F)c(F)c3)CC2)CC1. The lowest BCUT2D eigenvalue weighted by molar-refractivity contribution is -0.142. The minimum atomic E-state index is -5.00. The smallest absolute Gasteiger partial charge is 0.206 e. The Hall–Kier alpha value is -1.39. The van der Waals surface area contributed by atoms with Crippen molar-refractivity contribution in [3.63, 3.8) is 0 Å². The van der Waals surface area contributed by atoms with E-state index in [0.29, 0.717) is 11.5 Å². The Kier molecular flexibility index (Phi) is 9.19. The van der Waals surface area contributed by atoms with Crippen molar-refractivity contribution >= 4 is 0 Å². The van der Waals surface area contributed by atoms with E-state index >= 15 is 0 Å². The summed E-state index contributed by atoms with van der Waals surface area (Å²) in [6.45, 7) is 2.20. The van der Waals surface area contributed by atoms with Gasteiger partial charge in [0.05, 0.1) is 0 Å². The molecule has 0 aromatic heterocycles. The molecule has 1 aromatic rings. The molecule has 3 rings (SSSR count). The van der Waals surface area contributed by atoms with Crippen molar-refractivity contribution in [3.05, 3.63) is 47.0 Å². The van der Waals surface area contributed by atoms with Gasteiger partial charge in [0, 0.05) is 0 Å². The number of alkyl halides is 3. The van der Waals surface area contributed by atoms with Gasteiger partial charge in [0.2, 0.25) is 0 Å². The molecule has 0 unspecified atom stereocenters. The van der Waals surface area contributed by atoms with E-state index in [1.807, 2.05) is 0 Å². The molecule has 0 nitrogen and oxygen atoms in total. The van der Waals surface area contributed by atoms with E-state index in [2.05, 4.69) is 19.1 Å². The fourth-order valence-corrected chi connectivity index (χ4v) is 5.68. The van der Waals surface area contributed by atoms with Gasteiger partial charge in [-0.25, -0.2) is 8.78 Å². The molecule has 1 aromatic carbocycles. The Labute approximate surface area is 189 Å². The van der Waals surface area contributed by atoms with Gasteiger partial charge < -0.3 is 0 Å². The second kappa shape index (κ2) is 11.7. The van der Waals surface area contributed by atoms with Crippen LogP contribution >= 0.6 is 0 Å². The van der Waals surface area contributed by atoms with Crippen molar-refractivity contribution < 1.29 is 22.0 Å². The highest BCUT2D eigenvalue weighted by molar-refractivity contribution is 5.30. The number of halogens is 5. The molecule has 0 N–H and O–H groups in total. The van der Waals surface area contributed by atoms with Crippen LogP contribution in [0.2, 0.25) is 0 Å². The van der Waals surface area contributed by atoms with Gasteiger partial charge in [-0.15, -0.1) is 0 Å². The first-order valence-electron chi connectivity index (χ1n) is 12.5. The fourth-order valence-electron chi connectivity index (χ4n) is 5.68. The zero-order valence-corrected chi connectivity index (χ0v) is 19.2. The lowest BCUT2D eigenvalue weighted by atomic mass is 9.74. The number of hydrogen-bond donors (Lipinski definition) is 0. The average Bonchev–Trinajstić information content (AvgIpc) is 2.75. The Morgan fingerprint density at radius 3 is 1.78 bits per heavy atom. The Balaban J connectivity index is 1.40. The van der Waals surface area contributed by atoms with E-state index in [1.165, 1.54) is 57.8 Å². The second-order valence-corrected chi connectivity index (χ2v) is 10.0. The molecular formula is C27H37F5. The maximum atomic E-state index is 13.9.